The summed E-state index contributed by atoms with van der Waals surface area (Å²) in [5.74, 6) is 0.104. The van der Waals surface area contributed by atoms with Crippen molar-refractivity contribution in [2.75, 3.05) is 7.11 Å². The average molecular weight is 206 g/mol. The van der Waals surface area contributed by atoms with E-state index in [0.29, 0.717) is 0 Å². The van der Waals surface area contributed by atoms with Crippen LogP contribution in [0.3, 0.4) is 0 Å². The van der Waals surface area contributed by atoms with Crippen LogP contribution in [0.15, 0.2) is 12.1 Å². The number of alkyl halides is 3. The summed E-state index contributed by atoms with van der Waals surface area (Å²) in [5.41, 5.74) is 4.36. The molecule has 0 spiro atoms. The SMILES string of the molecule is COc1cc(CN)nc(C(F)(F)F)c1. The molecule has 0 fully saturated rings. The Morgan fingerprint density at radius 2 is 2.07 bits per heavy atom. The molecule has 0 aliphatic rings. The fourth-order valence-corrected chi connectivity index (χ4v) is 0.928. The third kappa shape index (κ3) is 2.35. The molecule has 1 aromatic rings. The summed E-state index contributed by atoms with van der Waals surface area (Å²) < 4.78 is 41.5. The second kappa shape index (κ2) is 3.83. The fraction of sp³-hybridized carbons (Fsp3) is 0.375. The van der Waals surface area contributed by atoms with Gasteiger partial charge in [-0.25, -0.2) is 4.98 Å². The molecule has 1 heterocycles. The van der Waals surface area contributed by atoms with Crippen molar-refractivity contribution in [3.8, 4) is 5.75 Å². The van der Waals surface area contributed by atoms with Crippen molar-refractivity contribution in [1.29, 1.82) is 0 Å². The summed E-state index contributed by atoms with van der Waals surface area (Å²) in [4.78, 5) is 3.34. The zero-order valence-corrected chi connectivity index (χ0v) is 7.43. The van der Waals surface area contributed by atoms with Crippen molar-refractivity contribution >= 4 is 0 Å². The van der Waals surface area contributed by atoms with Gasteiger partial charge in [0.25, 0.3) is 0 Å². The second-order valence-electron chi connectivity index (χ2n) is 2.59. The van der Waals surface area contributed by atoms with Gasteiger partial charge in [-0.05, 0) is 0 Å². The molecule has 0 bridgehead atoms. The molecule has 0 amide bonds. The summed E-state index contributed by atoms with van der Waals surface area (Å²) in [6.07, 6.45) is -4.47. The van der Waals surface area contributed by atoms with Gasteiger partial charge in [-0.3, -0.25) is 0 Å². The van der Waals surface area contributed by atoms with Gasteiger partial charge in [0.1, 0.15) is 11.4 Å². The summed E-state index contributed by atoms with van der Waals surface area (Å²) >= 11 is 0. The number of halogens is 3. The van der Waals surface area contributed by atoms with Gasteiger partial charge in [0.2, 0.25) is 0 Å². The average Bonchev–Trinajstić information content (AvgIpc) is 2.15. The van der Waals surface area contributed by atoms with Gasteiger partial charge in [-0.15, -0.1) is 0 Å². The minimum Gasteiger partial charge on any atom is -0.497 e. The van der Waals surface area contributed by atoms with E-state index >= 15 is 0 Å². The van der Waals surface area contributed by atoms with Crippen LogP contribution in [-0.2, 0) is 12.7 Å². The van der Waals surface area contributed by atoms with E-state index in [-0.39, 0.29) is 18.0 Å². The van der Waals surface area contributed by atoms with Crippen LogP contribution in [0, 0.1) is 0 Å². The highest BCUT2D eigenvalue weighted by atomic mass is 19.4. The van der Waals surface area contributed by atoms with Gasteiger partial charge in [0.05, 0.1) is 12.8 Å². The quantitative estimate of drug-likeness (QED) is 0.798. The third-order valence-electron chi connectivity index (χ3n) is 1.59. The van der Waals surface area contributed by atoms with Gasteiger partial charge in [-0.2, -0.15) is 13.2 Å². The van der Waals surface area contributed by atoms with Crippen molar-refractivity contribution in [3.05, 3.63) is 23.5 Å². The highest BCUT2D eigenvalue weighted by Crippen LogP contribution is 2.30. The number of ether oxygens (including phenoxy) is 1. The van der Waals surface area contributed by atoms with Gasteiger partial charge >= 0.3 is 6.18 Å². The smallest absolute Gasteiger partial charge is 0.433 e. The van der Waals surface area contributed by atoms with E-state index in [1.54, 1.807) is 0 Å². The topological polar surface area (TPSA) is 48.1 Å². The predicted molar refractivity (Wildman–Crippen MR) is 43.7 cm³/mol. The van der Waals surface area contributed by atoms with E-state index in [1.807, 2.05) is 0 Å². The molecular weight excluding hydrogens is 197 g/mol. The van der Waals surface area contributed by atoms with Gasteiger partial charge in [-0.1, -0.05) is 0 Å². The third-order valence-corrected chi connectivity index (χ3v) is 1.59. The summed E-state index contributed by atoms with van der Waals surface area (Å²) in [5, 5.41) is 0. The van der Waals surface area contributed by atoms with Crippen molar-refractivity contribution in [1.82, 2.24) is 4.98 Å². The van der Waals surface area contributed by atoms with Crippen molar-refractivity contribution < 1.29 is 17.9 Å². The van der Waals surface area contributed by atoms with Crippen LogP contribution in [0.5, 0.6) is 5.75 Å². The van der Waals surface area contributed by atoms with Gasteiger partial charge in [0, 0.05) is 18.7 Å². The van der Waals surface area contributed by atoms with Gasteiger partial charge < -0.3 is 10.5 Å². The van der Waals surface area contributed by atoms with Crippen LogP contribution in [0.4, 0.5) is 13.2 Å². The maximum absolute atomic E-state index is 12.3. The van der Waals surface area contributed by atoms with Gasteiger partial charge in [0.15, 0.2) is 0 Å². The number of hydrogen-bond donors (Lipinski definition) is 1. The number of nitrogens with zero attached hydrogens (tertiary/aromatic N) is 1. The predicted octanol–water partition coefficient (Wildman–Crippen LogP) is 1.57. The van der Waals surface area contributed by atoms with E-state index < -0.39 is 11.9 Å². The molecule has 0 aliphatic heterocycles. The van der Waals surface area contributed by atoms with E-state index in [4.69, 9.17) is 10.5 Å². The lowest BCUT2D eigenvalue weighted by molar-refractivity contribution is -0.141. The second-order valence-corrected chi connectivity index (χ2v) is 2.59. The molecule has 1 rings (SSSR count). The van der Waals surface area contributed by atoms with Crippen molar-refractivity contribution in [2.24, 2.45) is 5.73 Å². The number of methoxy groups -OCH3 is 1. The minimum absolute atomic E-state index is 0.0553. The molecule has 0 unspecified atom stereocenters. The Kier molecular flexibility index (Phi) is 2.95. The van der Waals surface area contributed by atoms with Crippen molar-refractivity contribution in [2.45, 2.75) is 12.7 Å². The van der Waals surface area contributed by atoms with E-state index in [9.17, 15) is 13.2 Å². The first-order chi connectivity index (χ1) is 6.47. The standard InChI is InChI=1S/C8H9F3N2O/c1-14-6-2-5(4-12)13-7(3-6)8(9,10)11/h2-3H,4,12H2,1H3. The highest BCUT2D eigenvalue weighted by molar-refractivity contribution is 5.28. The maximum Gasteiger partial charge on any atom is 0.433 e. The number of hydrogen-bond acceptors (Lipinski definition) is 3. The first kappa shape index (κ1) is 10.8. The van der Waals surface area contributed by atoms with Crippen molar-refractivity contribution in [3.63, 3.8) is 0 Å². The van der Waals surface area contributed by atoms with Crippen LogP contribution < -0.4 is 10.5 Å². The number of pyridine rings is 1. The van der Waals surface area contributed by atoms with Crippen LogP contribution in [0.2, 0.25) is 0 Å². The molecule has 2 N–H and O–H groups in total. The molecule has 78 valence electrons. The van der Waals surface area contributed by atoms with Crippen LogP contribution >= 0.6 is 0 Å². The summed E-state index contributed by atoms with van der Waals surface area (Å²) in [6, 6.07) is 2.20. The maximum atomic E-state index is 12.3. The molecule has 0 saturated carbocycles. The van der Waals surface area contributed by atoms with E-state index in [0.717, 1.165) is 6.07 Å². The monoisotopic (exact) mass is 206 g/mol. The highest BCUT2D eigenvalue weighted by Gasteiger charge is 2.33. The lowest BCUT2D eigenvalue weighted by Crippen LogP contribution is -2.11. The Morgan fingerprint density at radius 1 is 1.43 bits per heavy atom. The first-order valence-electron chi connectivity index (χ1n) is 3.79. The zero-order chi connectivity index (χ0) is 10.8. The lowest BCUT2D eigenvalue weighted by atomic mass is 10.2. The van der Waals surface area contributed by atoms with Crippen LogP contribution in [-0.4, -0.2) is 12.1 Å². The number of aromatic nitrogens is 1. The summed E-state index contributed by atoms with van der Waals surface area (Å²) in [7, 11) is 1.29. The molecule has 0 aromatic carbocycles. The minimum atomic E-state index is -4.47. The Bertz CT molecular complexity index is 303. The molecular formula is C8H9F3N2O. The molecule has 0 atom stereocenters. The Labute approximate surface area is 78.7 Å². The summed E-state index contributed by atoms with van der Waals surface area (Å²) in [6.45, 7) is -0.0553. The largest absolute Gasteiger partial charge is 0.497 e. The number of nitrogens with two attached hydrogens (primary N) is 1. The molecule has 0 aliphatic carbocycles. The molecule has 14 heavy (non-hydrogen) atoms. The van der Waals surface area contributed by atoms with E-state index in [2.05, 4.69) is 4.98 Å². The zero-order valence-electron chi connectivity index (χ0n) is 7.43. The fourth-order valence-electron chi connectivity index (χ4n) is 0.928. The Hall–Kier alpha value is -1.30. The molecule has 6 heteroatoms. The Morgan fingerprint density at radius 3 is 2.50 bits per heavy atom. The molecule has 3 nitrogen and oxygen atoms in total. The van der Waals surface area contributed by atoms with Crippen LogP contribution in [0.1, 0.15) is 11.4 Å². The van der Waals surface area contributed by atoms with Crippen LogP contribution in [0.25, 0.3) is 0 Å². The first-order valence-corrected chi connectivity index (χ1v) is 3.79. The Balaban J connectivity index is 3.17. The number of rotatable bonds is 2. The molecule has 0 saturated heterocycles. The van der Waals surface area contributed by atoms with E-state index in [1.165, 1.54) is 13.2 Å². The molecule has 0 radical (unpaired) electrons. The molecule has 1 aromatic heterocycles. The lowest BCUT2D eigenvalue weighted by Gasteiger charge is -2.09. The normalized spacial score (nSPS) is 11.5.